The zero-order valence-electron chi connectivity index (χ0n) is 20.2. The van der Waals surface area contributed by atoms with Crippen molar-refractivity contribution in [3.05, 3.63) is 77.1 Å². The third-order valence-corrected chi connectivity index (χ3v) is 8.22. The third kappa shape index (κ3) is 6.66. The van der Waals surface area contributed by atoms with Gasteiger partial charge in [-0.15, -0.1) is 0 Å². The summed E-state index contributed by atoms with van der Waals surface area (Å²) in [5.74, 6) is 1.56. The number of aryl methyl sites for hydroxylation is 2. The first kappa shape index (κ1) is 25.3. The lowest BCUT2D eigenvalue weighted by atomic mass is 10.0. The van der Waals surface area contributed by atoms with Gasteiger partial charge in [0.2, 0.25) is 10.0 Å². The maximum absolute atomic E-state index is 12.4. The van der Waals surface area contributed by atoms with Gasteiger partial charge in [0.1, 0.15) is 5.75 Å². The third-order valence-electron chi connectivity index (χ3n) is 6.31. The predicted molar refractivity (Wildman–Crippen MR) is 137 cm³/mol. The molecule has 186 valence electrons. The zero-order valence-corrected chi connectivity index (χ0v) is 21.0. The van der Waals surface area contributed by atoms with E-state index in [-0.39, 0.29) is 18.8 Å². The number of nitrogens with zero attached hydrogens (tertiary/aromatic N) is 3. The van der Waals surface area contributed by atoms with Gasteiger partial charge in [-0.25, -0.2) is 18.4 Å². The molecule has 0 atom stereocenters. The average Bonchev–Trinajstić information content (AvgIpc) is 2.90. The molecule has 1 aromatic heterocycles. The second-order valence-electron chi connectivity index (χ2n) is 8.82. The molecule has 4 rings (SSSR count). The van der Waals surface area contributed by atoms with E-state index in [0.29, 0.717) is 26.1 Å². The Morgan fingerprint density at radius 2 is 1.77 bits per heavy atom. The first-order valence-corrected chi connectivity index (χ1v) is 13.8. The van der Waals surface area contributed by atoms with Crippen LogP contribution in [0, 0.1) is 0 Å². The molecule has 35 heavy (non-hydrogen) atoms. The minimum Gasteiger partial charge on any atom is -0.494 e. The molecule has 0 saturated carbocycles. The largest absolute Gasteiger partial charge is 0.494 e. The standard InChI is InChI=1S/C27H33N3O4S/c1-2-21-18-28-27(29-19-21)23-8-6-22(7-9-23)5-3-15-34-26-11-10-25-20-30(13-12-24(25)17-26)35(32,33)16-4-14-31/h6-11,17-19,31H,2-5,12-16,20H2,1H3. The summed E-state index contributed by atoms with van der Waals surface area (Å²) in [7, 11) is -3.33. The molecular weight excluding hydrogens is 462 g/mol. The summed E-state index contributed by atoms with van der Waals surface area (Å²) in [6, 6.07) is 14.3. The molecule has 2 aromatic carbocycles. The normalized spacial score (nSPS) is 14.0. The molecule has 0 bridgehead atoms. The minimum absolute atomic E-state index is 0.0113. The first-order chi connectivity index (χ1) is 17.0. The van der Waals surface area contributed by atoms with Crippen LogP contribution in [0.5, 0.6) is 5.75 Å². The lowest BCUT2D eigenvalue weighted by Crippen LogP contribution is -2.37. The highest BCUT2D eigenvalue weighted by atomic mass is 32.2. The molecule has 0 spiro atoms. The van der Waals surface area contributed by atoms with Crippen LogP contribution in [0.3, 0.4) is 0 Å². The number of rotatable bonds is 11. The molecule has 0 unspecified atom stereocenters. The molecular formula is C27H33N3O4S. The second-order valence-corrected chi connectivity index (χ2v) is 10.9. The fourth-order valence-electron chi connectivity index (χ4n) is 4.18. The van der Waals surface area contributed by atoms with Crippen molar-refractivity contribution >= 4 is 10.0 Å². The molecule has 0 saturated heterocycles. The molecule has 0 radical (unpaired) electrons. The van der Waals surface area contributed by atoms with Crippen LogP contribution in [0.1, 0.15) is 42.0 Å². The van der Waals surface area contributed by atoms with Crippen LogP contribution in [0.25, 0.3) is 11.4 Å². The Morgan fingerprint density at radius 3 is 2.49 bits per heavy atom. The van der Waals surface area contributed by atoms with E-state index < -0.39 is 10.0 Å². The zero-order chi connectivity index (χ0) is 24.7. The molecule has 0 fully saturated rings. The van der Waals surface area contributed by atoms with Crippen molar-refractivity contribution in [2.45, 2.75) is 45.6 Å². The van der Waals surface area contributed by atoms with Gasteiger partial charge in [0.25, 0.3) is 0 Å². The van der Waals surface area contributed by atoms with Gasteiger partial charge in [0.05, 0.1) is 12.4 Å². The van der Waals surface area contributed by atoms with Crippen LogP contribution in [0.4, 0.5) is 0 Å². The number of ether oxygens (including phenoxy) is 1. The molecule has 3 aromatic rings. The monoisotopic (exact) mass is 495 g/mol. The van der Waals surface area contributed by atoms with Crippen LogP contribution in [-0.2, 0) is 35.8 Å². The van der Waals surface area contributed by atoms with Crippen molar-refractivity contribution in [3.8, 4) is 17.1 Å². The lowest BCUT2D eigenvalue weighted by molar-refractivity contribution is 0.293. The number of sulfonamides is 1. The van der Waals surface area contributed by atoms with Gasteiger partial charge in [0.15, 0.2) is 5.82 Å². The molecule has 2 heterocycles. The van der Waals surface area contributed by atoms with Crippen molar-refractivity contribution in [2.75, 3.05) is 25.5 Å². The average molecular weight is 496 g/mol. The Bertz CT molecular complexity index is 1210. The summed E-state index contributed by atoms with van der Waals surface area (Å²) in [6.45, 7) is 3.44. The number of aliphatic hydroxyl groups is 1. The summed E-state index contributed by atoms with van der Waals surface area (Å²) in [4.78, 5) is 8.89. The highest BCUT2D eigenvalue weighted by Crippen LogP contribution is 2.26. The van der Waals surface area contributed by atoms with Crippen molar-refractivity contribution in [3.63, 3.8) is 0 Å². The fraction of sp³-hybridized carbons (Fsp3) is 0.407. The highest BCUT2D eigenvalue weighted by Gasteiger charge is 2.26. The van der Waals surface area contributed by atoms with E-state index in [0.717, 1.165) is 53.1 Å². The molecule has 8 heteroatoms. The van der Waals surface area contributed by atoms with Gasteiger partial charge in [-0.2, -0.15) is 4.31 Å². The van der Waals surface area contributed by atoms with Crippen molar-refractivity contribution in [1.29, 1.82) is 0 Å². The molecule has 1 aliphatic heterocycles. The summed E-state index contributed by atoms with van der Waals surface area (Å²) in [6.07, 6.45) is 7.45. The number of hydrogen-bond acceptors (Lipinski definition) is 6. The number of aromatic nitrogens is 2. The van der Waals surface area contributed by atoms with Gasteiger partial charge in [-0.05, 0) is 66.5 Å². The van der Waals surface area contributed by atoms with E-state index in [9.17, 15) is 8.42 Å². The number of aliphatic hydroxyl groups excluding tert-OH is 1. The predicted octanol–water partition coefficient (Wildman–Crippen LogP) is 3.79. The van der Waals surface area contributed by atoms with E-state index >= 15 is 0 Å². The molecule has 1 aliphatic rings. The van der Waals surface area contributed by atoms with Crippen LogP contribution in [0.2, 0.25) is 0 Å². The van der Waals surface area contributed by atoms with Gasteiger partial charge in [-0.1, -0.05) is 37.3 Å². The number of benzene rings is 2. The molecule has 7 nitrogen and oxygen atoms in total. The van der Waals surface area contributed by atoms with Gasteiger partial charge in [0, 0.05) is 37.7 Å². The number of hydrogen-bond donors (Lipinski definition) is 1. The first-order valence-electron chi connectivity index (χ1n) is 12.2. The Kier molecular flexibility index (Phi) is 8.49. The topological polar surface area (TPSA) is 92.6 Å². The maximum atomic E-state index is 12.4. The molecule has 0 amide bonds. The van der Waals surface area contributed by atoms with E-state index in [1.807, 2.05) is 30.6 Å². The van der Waals surface area contributed by atoms with Crippen molar-refractivity contribution in [1.82, 2.24) is 14.3 Å². The Hall–Kier alpha value is -2.81. The van der Waals surface area contributed by atoms with E-state index in [1.54, 1.807) is 0 Å². The summed E-state index contributed by atoms with van der Waals surface area (Å²) < 4.78 is 32.3. The molecule has 0 aliphatic carbocycles. The van der Waals surface area contributed by atoms with Gasteiger partial charge in [-0.3, -0.25) is 0 Å². The van der Waals surface area contributed by atoms with Crippen molar-refractivity contribution in [2.24, 2.45) is 0 Å². The highest BCUT2D eigenvalue weighted by molar-refractivity contribution is 7.89. The van der Waals surface area contributed by atoms with Gasteiger partial charge >= 0.3 is 0 Å². The summed E-state index contributed by atoms with van der Waals surface area (Å²) in [5, 5.41) is 8.94. The van der Waals surface area contributed by atoms with Crippen LogP contribution in [-0.4, -0.2) is 53.3 Å². The second kappa shape index (κ2) is 11.7. The van der Waals surface area contributed by atoms with E-state index in [4.69, 9.17) is 9.84 Å². The van der Waals surface area contributed by atoms with E-state index in [1.165, 1.54) is 9.87 Å². The van der Waals surface area contributed by atoms with Crippen molar-refractivity contribution < 1.29 is 18.3 Å². The quantitative estimate of drug-likeness (QED) is 0.407. The maximum Gasteiger partial charge on any atom is 0.214 e. The Morgan fingerprint density at radius 1 is 1.00 bits per heavy atom. The molecule has 1 N–H and O–H groups in total. The van der Waals surface area contributed by atoms with Gasteiger partial charge < -0.3 is 9.84 Å². The lowest BCUT2D eigenvalue weighted by Gasteiger charge is -2.28. The Balaban J connectivity index is 1.25. The van der Waals surface area contributed by atoms with Crippen LogP contribution < -0.4 is 4.74 Å². The smallest absolute Gasteiger partial charge is 0.214 e. The summed E-state index contributed by atoms with van der Waals surface area (Å²) >= 11 is 0. The number of fused-ring (bicyclic) bond motifs is 1. The van der Waals surface area contributed by atoms with E-state index in [2.05, 4.69) is 41.2 Å². The van der Waals surface area contributed by atoms with Crippen LogP contribution in [0.15, 0.2) is 54.9 Å². The fourth-order valence-corrected chi connectivity index (χ4v) is 5.64. The minimum atomic E-state index is -3.33. The van der Waals surface area contributed by atoms with Crippen LogP contribution >= 0.6 is 0 Å². The Labute approximate surface area is 207 Å². The SMILES string of the molecule is CCc1cnc(-c2ccc(CCCOc3ccc4c(c3)CCN(S(=O)(=O)CCCO)C4)cc2)nc1. The summed E-state index contributed by atoms with van der Waals surface area (Å²) in [5.41, 5.74) is 5.55.